The molecule has 0 aliphatic heterocycles. The summed E-state index contributed by atoms with van der Waals surface area (Å²) >= 11 is 0. The van der Waals surface area contributed by atoms with E-state index in [1.807, 2.05) is 6.92 Å². The van der Waals surface area contributed by atoms with Crippen LogP contribution in [-0.4, -0.2) is 36.6 Å². The van der Waals surface area contributed by atoms with Crippen LogP contribution in [-0.2, 0) is 16.0 Å². The Kier molecular flexibility index (Phi) is 3.64. The summed E-state index contributed by atoms with van der Waals surface area (Å²) < 4.78 is 1.51. The molecule has 0 aliphatic rings. The molecule has 20 heavy (non-hydrogen) atoms. The minimum Gasteiger partial charge on any atom is -0.481 e. The second-order valence-corrected chi connectivity index (χ2v) is 4.48. The van der Waals surface area contributed by atoms with Gasteiger partial charge < -0.3 is 5.11 Å². The molecule has 0 atom stereocenters. The van der Waals surface area contributed by atoms with Crippen LogP contribution in [0.5, 0.6) is 0 Å². The predicted molar refractivity (Wildman–Crippen MR) is 70.5 cm³/mol. The predicted octanol–water partition coefficient (Wildman–Crippen LogP) is 0.717. The van der Waals surface area contributed by atoms with Crippen molar-refractivity contribution >= 4 is 23.6 Å². The molecule has 2 N–H and O–H groups in total. The van der Waals surface area contributed by atoms with E-state index in [0.29, 0.717) is 12.2 Å². The van der Waals surface area contributed by atoms with E-state index in [1.54, 1.807) is 6.92 Å². The highest BCUT2D eigenvalue weighted by molar-refractivity contribution is 5.86. The Balaban J connectivity index is 2.45. The molecule has 0 bridgehead atoms. The molecule has 2 heterocycles. The standard InChI is InChI=1S/C12H15N5O3/c1-6-9(4-5-10(19)20)7(2)17-12(13-6)15-11(16-17)14-8(3)18/h4-5H2,1-3H3,(H,19,20)(H,14,16,18). The minimum atomic E-state index is -0.860. The van der Waals surface area contributed by atoms with Crippen molar-refractivity contribution in [3.63, 3.8) is 0 Å². The number of hydrogen-bond acceptors (Lipinski definition) is 5. The van der Waals surface area contributed by atoms with E-state index in [0.717, 1.165) is 17.0 Å². The van der Waals surface area contributed by atoms with Gasteiger partial charge in [0.25, 0.3) is 11.7 Å². The lowest BCUT2D eigenvalue weighted by Crippen LogP contribution is -2.09. The molecule has 8 heteroatoms. The van der Waals surface area contributed by atoms with E-state index in [1.165, 1.54) is 11.4 Å². The average Bonchev–Trinajstić information content (AvgIpc) is 2.70. The topological polar surface area (TPSA) is 109 Å². The van der Waals surface area contributed by atoms with Gasteiger partial charge in [-0.2, -0.15) is 9.50 Å². The van der Waals surface area contributed by atoms with Crippen LogP contribution >= 0.6 is 0 Å². The van der Waals surface area contributed by atoms with Crippen molar-refractivity contribution in [1.82, 2.24) is 19.6 Å². The number of hydrogen-bond donors (Lipinski definition) is 2. The first-order chi connectivity index (χ1) is 9.38. The molecule has 0 fully saturated rings. The molecule has 0 aliphatic carbocycles. The van der Waals surface area contributed by atoms with Crippen LogP contribution in [0.4, 0.5) is 5.95 Å². The van der Waals surface area contributed by atoms with E-state index in [9.17, 15) is 9.59 Å². The van der Waals surface area contributed by atoms with Crippen molar-refractivity contribution in [3.8, 4) is 0 Å². The summed E-state index contributed by atoms with van der Waals surface area (Å²) in [7, 11) is 0. The molecule has 0 aromatic carbocycles. The molecule has 0 saturated heterocycles. The van der Waals surface area contributed by atoms with Gasteiger partial charge in [0.05, 0.1) is 0 Å². The van der Waals surface area contributed by atoms with E-state index in [4.69, 9.17) is 5.11 Å². The zero-order valence-corrected chi connectivity index (χ0v) is 11.5. The lowest BCUT2D eigenvalue weighted by molar-refractivity contribution is -0.137. The number of nitrogens with one attached hydrogen (secondary N) is 1. The van der Waals surface area contributed by atoms with Crippen LogP contribution in [0, 0.1) is 13.8 Å². The first kappa shape index (κ1) is 13.9. The van der Waals surface area contributed by atoms with Gasteiger partial charge in [-0.3, -0.25) is 14.9 Å². The van der Waals surface area contributed by atoms with Gasteiger partial charge in [0, 0.05) is 24.7 Å². The number of aliphatic carboxylic acids is 1. The third kappa shape index (κ3) is 2.73. The number of aryl methyl sites for hydroxylation is 2. The van der Waals surface area contributed by atoms with Crippen LogP contribution in [0.25, 0.3) is 5.78 Å². The molecule has 2 aromatic rings. The molecule has 0 saturated carbocycles. The number of carbonyl (C=O) groups excluding carboxylic acids is 1. The van der Waals surface area contributed by atoms with Gasteiger partial charge in [0.1, 0.15) is 0 Å². The molecule has 106 valence electrons. The highest BCUT2D eigenvalue weighted by Gasteiger charge is 2.14. The number of nitrogens with zero attached hydrogens (tertiary/aromatic N) is 4. The van der Waals surface area contributed by atoms with E-state index < -0.39 is 5.97 Å². The maximum absolute atomic E-state index is 11.0. The summed E-state index contributed by atoms with van der Waals surface area (Å²) in [6.45, 7) is 5.00. The number of amides is 1. The van der Waals surface area contributed by atoms with Gasteiger partial charge in [-0.05, 0) is 25.8 Å². The van der Waals surface area contributed by atoms with E-state index in [2.05, 4.69) is 20.4 Å². The summed E-state index contributed by atoms with van der Waals surface area (Å²) in [4.78, 5) is 30.1. The summed E-state index contributed by atoms with van der Waals surface area (Å²) in [5.74, 6) is -0.562. The summed E-state index contributed by atoms with van der Waals surface area (Å²) in [6, 6.07) is 0. The maximum atomic E-state index is 11.0. The lowest BCUT2D eigenvalue weighted by Gasteiger charge is -2.08. The number of fused-ring (bicyclic) bond motifs is 1. The van der Waals surface area contributed by atoms with Crippen molar-refractivity contribution in [2.45, 2.75) is 33.6 Å². The van der Waals surface area contributed by atoms with Crippen molar-refractivity contribution < 1.29 is 14.7 Å². The Hall–Kier alpha value is -2.51. The third-order valence-electron chi connectivity index (χ3n) is 2.93. The Morgan fingerprint density at radius 1 is 1.30 bits per heavy atom. The number of rotatable bonds is 4. The van der Waals surface area contributed by atoms with Crippen molar-refractivity contribution in [2.24, 2.45) is 0 Å². The quantitative estimate of drug-likeness (QED) is 0.852. The summed E-state index contributed by atoms with van der Waals surface area (Å²) in [6.07, 6.45) is 0.410. The fraction of sp³-hybridized carbons (Fsp3) is 0.417. The van der Waals surface area contributed by atoms with Crippen LogP contribution in [0.1, 0.15) is 30.3 Å². The first-order valence-corrected chi connectivity index (χ1v) is 6.10. The highest BCUT2D eigenvalue weighted by Crippen LogP contribution is 2.16. The second kappa shape index (κ2) is 5.24. The zero-order chi connectivity index (χ0) is 14.9. The highest BCUT2D eigenvalue weighted by atomic mass is 16.4. The number of anilines is 1. The van der Waals surface area contributed by atoms with Gasteiger partial charge >= 0.3 is 5.97 Å². The SMILES string of the molecule is CC(=O)Nc1nc2nc(C)c(CCC(=O)O)c(C)n2n1. The van der Waals surface area contributed by atoms with Crippen LogP contribution in [0.3, 0.4) is 0 Å². The Morgan fingerprint density at radius 3 is 2.60 bits per heavy atom. The number of carboxylic acids is 1. The van der Waals surface area contributed by atoms with Crippen LogP contribution in [0.15, 0.2) is 0 Å². The lowest BCUT2D eigenvalue weighted by atomic mass is 10.1. The maximum Gasteiger partial charge on any atom is 0.303 e. The molecule has 0 unspecified atom stereocenters. The Bertz CT molecular complexity index is 692. The van der Waals surface area contributed by atoms with Crippen LogP contribution in [0.2, 0.25) is 0 Å². The minimum absolute atomic E-state index is 0.0299. The van der Waals surface area contributed by atoms with Gasteiger partial charge in [-0.1, -0.05) is 0 Å². The number of carbonyl (C=O) groups is 2. The molecule has 0 radical (unpaired) electrons. The average molecular weight is 277 g/mol. The smallest absolute Gasteiger partial charge is 0.303 e. The summed E-state index contributed by atoms with van der Waals surface area (Å²) in [5.41, 5.74) is 2.33. The Labute approximate surface area is 114 Å². The molecular weight excluding hydrogens is 262 g/mol. The van der Waals surface area contributed by atoms with E-state index >= 15 is 0 Å². The van der Waals surface area contributed by atoms with Gasteiger partial charge in [0.2, 0.25) is 5.91 Å². The molecular formula is C12H15N5O3. The number of aromatic nitrogens is 4. The van der Waals surface area contributed by atoms with Crippen molar-refractivity contribution in [2.75, 3.05) is 5.32 Å². The molecule has 0 spiro atoms. The fourth-order valence-electron chi connectivity index (χ4n) is 2.01. The fourth-order valence-corrected chi connectivity index (χ4v) is 2.01. The summed E-state index contributed by atoms with van der Waals surface area (Å²) in [5, 5.41) is 15.4. The van der Waals surface area contributed by atoms with Crippen molar-refractivity contribution in [1.29, 1.82) is 0 Å². The normalized spacial score (nSPS) is 10.8. The number of carboxylic acid groups (broad SMARTS) is 1. The molecule has 8 nitrogen and oxygen atoms in total. The van der Waals surface area contributed by atoms with Crippen LogP contribution < -0.4 is 5.32 Å². The van der Waals surface area contributed by atoms with Gasteiger partial charge in [-0.15, -0.1) is 5.10 Å². The zero-order valence-electron chi connectivity index (χ0n) is 11.5. The van der Waals surface area contributed by atoms with Crippen molar-refractivity contribution in [3.05, 3.63) is 17.0 Å². The third-order valence-corrected chi connectivity index (χ3v) is 2.93. The first-order valence-electron chi connectivity index (χ1n) is 6.10. The second-order valence-electron chi connectivity index (χ2n) is 4.48. The molecule has 2 rings (SSSR count). The molecule has 2 aromatic heterocycles. The van der Waals surface area contributed by atoms with E-state index in [-0.39, 0.29) is 18.3 Å². The van der Waals surface area contributed by atoms with Gasteiger partial charge in [-0.25, -0.2) is 4.98 Å². The largest absolute Gasteiger partial charge is 0.481 e. The van der Waals surface area contributed by atoms with Gasteiger partial charge in [0.15, 0.2) is 0 Å². The molecule has 1 amide bonds. The monoisotopic (exact) mass is 277 g/mol. The Morgan fingerprint density at radius 2 is 2.00 bits per heavy atom.